The molecule has 0 amide bonds. The maximum absolute atomic E-state index is 5.53. The minimum Gasteiger partial charge on any atom is -0.366 e. The van der Waals surface area contributed by atoms with Crippen molar-refractivity contribution in [1.29, 1.82) is 0 Å². The van der Waals surface area contributed by atoms with E-state index in [4.69, 9.17) is 5.73 Å². The number of hydrogen-bond acceptors (Lipinski definition) is 4. The molecular formula is C12H11N5. The highest BCUT2D eigenvalue weighted by Gasteiger charge is 2.09. The number of H-pyrrole nitrogens is 1. The summed E-state index contributed by atoms with van der Waals surface area (Å²) >= 11 is 0. The van der Waals surface area contributed by atoms with Crippen molar-refractivity contribution in [3.8, 4) is 11.4 Å². The molecule has 0 atom stereocenters. The fourth-order valence-corrected chi connectivity index (χ4v) is 1.90. The molecule has 0 fully saturated rings. The SMILES string of the molecule is Cc1cc(-c2nc(N)n[nH]2)c2ccccc2n1. The van der Waals surface area contributed by atoms with Gasteiger partial charge in [-0.1, -0.05) is 18.2 Å². The van der Waals surface area contributed by atoms with Crippen molar-refractivity contribution in [2.45, 2.75) is 6.92 Å². The van der Waals surface area contributed by atoms with Crippen molar-refractivity contribution in [3.05, 3.63) is 36.0 Å². The van der Waals surface area contributed by atoms with Crippen LogP contribution in [0.3, 0.4) is 0 Å². The van der Waals surface area contributed by atoms with Crippen LogP contribution in [-0.2, 0) is 0 Å². The van der Waals surface area contributed by atoms with Crippen LogP contribution < -0.4 is 5.73 Å². The lowest BCUT2D eigenvalue weighted by molar-refractivity contribution is 1.10. The fourth-order valence-electron chi connectivity index (χ4n) is 1.90. The predicted molar refractivity (Wildman–Crippen MR) is 66.3 cm³/mol. The van der Waals surface area contributed by atoms with Gasteiger partial charge in [-0.3, -0.25) is 10.1 Å². The van der Waals surface area contributed by atoms with E-state index in [9.17, 15) is 0 Å². The summed E-state index contributed by atoms with van der Waals surface area (Å²) in [4.78, 5) is 8.63. The highest BCUT2D eigenvalue weighted by molar-refractivity contribution is 5.92. The zero-order valence-corrected chi connectivity index (χ0v) is 9.31. The molecule has 0 bridgehead atoms. The Kier molecular flexibility index (Phi) is 2.04. The average molecular weight is 225 g/mol. The van der Waals surface area contributed by atoms with Crippen LogP contribution in [0.4, 0.5) is 5.95 Å². The molecule has 0 radical (unpaired) electrons. The zero-order chi connectivity index (χ0) is 11.8. The summed E-state index contributed by atoms with van der Waals surface area (Å²) in [5.41, 5.74) is 8.38. The molecule has 3 N–H and O–H groups in total. The molecule has 84 valence electrons. The van der Waals surface area contributed by atoms with Gasteiger partial charge in [-0.05, 0) is 19.1 Å². The normalized spacial score (nSPS) is 10.9. The van der Waals surface area contributed by atoms with E-state index < -0.39 is 0 Å². The van der Waals surface area contributed by atoms with E-state index in [0.29, 0.717) is 5.82 Å². The number of pyridine rings is 1. The Morgan fingerprint density at radius 1 is 1.18 bits per heavy atom. The van der Waals surface area contributed by atoms with Crippen LogP contribution in [0.2, 0.25) is 0 Å². The third-order valence-electron chi connectivity index (χ3n) is 2.60. The van der Waals surface area contributed by atoms with Crippen LogP contribution >= 0.6 is 0 Å². The summed E-state index contributed by atoms with van der Waals surface area (Å²) in [5, 5.41) is 7.71. The number of nitrogens with two attached hydrogens (primary N) is 1. The number of nitrogens with zero attached hydrogens (tertiary/aromatic N) is 3. The highest BCUT2D eigenvalue weighted by Crippen LogP contribution is 2.25. The van der Waals surface area contributed by atoms with Crippen LogP contribution in [0, 0.1) is 6.92 Å². The van der Waals surface area contributed by atoms with Crippen LogP contribution in [0.15, 0.2) is 30.3 Å². The Balaban J connectivity index is 2.35. The van der Waals surface area contributed by atoms with E-state index in [1.165, 1.54) is 0 Å². The first-order valence-corrected chi connectivity index (χ1v) is 5.29. The number of anilines is 1. The first-order valence-electron chi connectivity index (χ1n) is 5.29. The van der Waals surface area contributed by atoms with Crippen molar-refractivity contribution in [2.75, 3.05) is 5.73 Å². The van der Waals surface area contributed by atoms with Gasteiger partial charge in [0.1, 0.15) is 0 Å². The fraction of sp³-hybridized carbons (Fsp3) is 0.0833. The Bertz CT molecular complexity index is 686. The number of aromatic nitrogens is 4. The Morgan fingerprint density at radius 2 is 2.00 bits per heavy atom. The second kappa shape index (κ2) is 3.55. The van der Waals surface area contributed by atoms with Crippen LogP contribution in [0.25, 0.3) is 22.3 Å². The van der Waals surface area contributed by atoms with E-state index in [1.54, 1.807) is 0 Å². The lowest BCUT2D eigenvalue weighted by Crippen LogP contribution is -1.90. The van der Waals surface area contributed by atoms with Crippen LogP contribution in [0.1, 0.15) is 5.69 Å². The van der Waals surface area contributed by atoms with E-state index in [2.05, 4.69) is 20.2 Å². The number of nitrogen functional groups attached to an aromatic ring is 1. The quantitative estimate of drug-likeness (QED) is 0.663. The number of rotatable bonds is 1. The first-order chi connectivity index (χ1) is 8.24. The molecule has 0 saturated carbocycles. The van der Waals surface area contributed by atoms with E-state index in [0.717, 1.165) is 22.2 Å². The molecule has 0 unspecified atom stereocenters. The largest absolute Gasteiger partial charge is 0.366 e. The molecule has 5 heteroatoms. The third-order valence-corrected chi connectivity index (χ3v) is 2.60. The second-order valence-corrected chi connectivity index (χ2v) is 3.87. The summed E-state index contributed by atoms with van der Waals surface area (Å²) < 4.78 is 0. The lowest BCUT2D eigenvalue weighted by atomic mass is 10.1. The van der Waals surface area contributed by atoms with Crippen LogP contribution in [-0.4, -0.2) is 20.2 Å². The van der Waals surface area contributed by atoms with Gasteiger partial charge in [-0.25, -0.2) is 0 Å². The predicted octanol–water partition coefficient (Wildman–Crippen LogP) is 1.91. The lowest BCUT2D eigenvalue weighted by Gasteiger charge is -2.04. The number of aromatic amines is 1. The highest BCUT2D eigenvalue weighted by atomic mass is 15.3. The van der Waals surface area contributed by atoms with E-state index >= 15 is 0 Å². The number of nitrogens with one attached hydrogen (secondary N) is 1. The second-order valence-electron chi connectivity index (χ2n) is 3.87. The van der Waals surface area contributed by atoms with Gasteiger partial charge < -0.3 is 5.73 Å². The van der Waals surface area contributed by atoms with Gasteiger partial charge in [-0.15, -0.1) is 5.10 Å². The average Bonchev–Trinajstić information content (AvgIpc) is 2.74. The maximum atomic E-state index is 5.53. The number of benzene rings is 1. The van der Waals surface area contributed by atoms with Crippen molar-refractivity contribution >= 4 is 16.9 Å². The van der Waals surface area contributed by atoms with Crippen molar-refractivity contribution in [1.82, 2.24) is 20.2 Å². The molecule has 0 aliphatic carbocycles. The molecule has 0 aliphatic heterocycles. The Morgan fingerprint density at radius 3 is 2.76 bits per heavy atom. The maximum Gasteiger partial charge on any atom is 0.239 e. The van der Waals surface area contributed by atoms with Crippen molar-refractivity contribution in [2.24, 2.45) is 0 Å². The van der Waals surface area contributed by atoms with Gasteiger partial charge in [0, 0.05) is 16.6 Å². The molecule has 2 heterocycles. The molecule has 1 aromatic carbocycles. The molecule has 0 aliphatic rings. The van der Waals surface area contributed by atoms with Gasteiger partial charge in [-0.2, -0.15) is 4.98 Å². The van der Waals surface area contributed by atoms with Gasteiger partial charge in [0.25, 0.3) is 0 Å². The third kappa shape index (κ3) is 1.61. The Hall–Kier alpha value is -2.43. The number of para-hydroxylation sites is 1. The summed E-state index contributed by atoms with van der Waals surface area (Å²) in [6, 6.07) is 9.90. The van der Waals surface area contributed by atoms with Crippen LogP contribution in [0.5, 0.6) is 0 Å². The summed E-state index contributed by atoms with van der Waals surface area (Å²) in [5.74, 6) is 0.919. The molecule has 3 aromatic rings. The minimum atomic E-state index is 0.249. The first kappa shape index (κ1) is 9.77. The van der Waals surface area contributed by atoms with Gasteiger partial charge in [0.05, 0.1) is 5.52 Å². The Labute approximate surface area is 97.7 Å². The zero-order valence-electron chi connectivity index (χ0n) is 9.31. The van der Waals surface area contributed by atoms with Crippen molar-refractivity contribution < 1.29 is 0 Å². The van der Waals surface area contributed by atoms with Crippen molar-refractivity contribution in [3.63, 3.8) is 0 Å². The number of aryl methyl sites for hydroxylation is 1. The smallest absolute Gasteiger partial charge is 0.239 e. The summed E-state index contributed by atoms with van der Waals surface area (Å²) in [7, 11) is 0. The summed E-state index contributed by atoms with van der Waals surface area (Å²) in [6.07, 6.45) is 0. The molecule has 17 heavy (non-hydrogen) atoms. The standard InChI is InChI=1S/C12H11N5/c1-7-6-9(11-15-12(13)17-16-11)8-4-2-3-5-10(8)14-7/h2-6H,1H3,(H3,13,15,16,17). The molecule has 0 spiro atoms. The minimum absolute atomic E-state index is 0.249. The topological polar surface area (TPSA) is 80.5 Å². The molecule has 0 saturated heterocycles. The van der Waals surface area contributed by atoms with Gasteiger partial charge in [0.2, 0.25) is 5.95 Å². The monoisotopic (exact) mass is 225 g/mol. The number of hydrogen-bond donors (Lipinski definition) is 2. The molecule has 3 rings (SSSR count). The van der Waals surface area contributed by atoms with Gasteiger partial charge in [0.15, 0.2) is 5.82 Å². The molecule has 5 nitrogen and oxygen atoms in total. The summed E-state index contributed by atoms with van der Waals surface area (Å²) in [6.45, 7) is 1.95. The van der Waals surface area contributed by atoms with E-state index in [-0.39, 0.29) is 5.95 Å². The molecular weight excluding hydrogens is 214 g/mol. The molecule has 2 aromatic heterocycles. The van der Waals surface area contributed by atoms with Gasteiger partial charge >= 0.3 is 0 Å². The number of fused-ring (bicyclic) bond motifs is 1. The van der Waals surface area contributed by atoms with E-state index in [1.807, 2.05) is 37.3 Å².